The molecule has 1 aromatic rings. The van der Waals surface area contributed by atoms with Crippen LogP contribution in [0.4, 0.5) is 10.5 Å². The highest BCUT2D eigenvalue weighted by molar-refractivity contribution is 6.37. The summed E-state index contributed by atoms with van der Waals surface area (Å²) in [4.78, 5) is 13.8. The third-order valence-corrected chi connectivity index (χ3v) is 4.60. The molecule has 7 heteroatoms. The van der Waals surface area contributed by atoms with Gasteiger partial charge in [-0.15, -0.1) is 0 Å². The van der Waals surface area contributed by atoms with Gasteiger partial charge < -0.3 is 20.3 Å². The van der Waals surface area contributed by atoms with Crippen LogP contribution in [-0.2, 0) is 6.42 Å². The van der Waals surface area contributed by atoms with Gasteiger partial charge in [0, 0.05) is 37.7 Å². The molecule has 2 amide bonds. The quantitative estimate of drug-likeness (QED) is 0.887. The molecule has 2 aliphatic heterocycles. The van der Waals surface area contributed by atoms with Gasteiger partial charge in [0.1, 0.15) is 5.75 Å². The molecule has 1 fully saturated rings. The number of nitrogens with one attached hydrogen (secondary N) is 2. The molecular formula is C15H19Cl2N3O2. The van der Waals surface area contributed by atoms with Crippen LogP contribution in [0.1, 0.15) is 18.9 Å². The largest absolute Gasteiger partial charge is 0.491 e. The number of amides is 2. The number of ether oxygens (including phenoxy) is 1. The van der Waals surface area contributed by atoms with Crippen LogP contribution in [0.25, 0.3) is 0 Å². The standard InChI is InChI=1S/C15H19Cl2N3O2/c1-2-18-15(21)19-9-3-5-20(8-9)13-10-4-6-22-14(10)12(17)7-11(13)16/h7,9H,2-6,8H2,1H3,(H2,18,19,21)/t9-/m1/s1. The lowest BCUT2D eigenvalue weighted by Gasteiger charge is -2.23. The van der Waals surface area contributed by atoms with Gasteiger partial charge in [0.25, 0.3) is 0 Å². The van der Waals surface area contributed by atoms with E-state index < -0.39 is 0 Å². The number of benzene rings is 1. The fraction of sp³-hybridized carbons (Fsp3) is 0.533. The number of hydrogen-bond donors (Lipinski definition) is 2. The van der Waals surface area contributed by atoms with Crippen LogP contribution in [0.5, 0.6) is 5.75 Å². The molecule has 2 heterocycles. The molecular weight excluding hydrogens is 325 g/mol. The summed E-state index contributed by atoms with van der Waals surface area (Å²) in [6.45, 7) is 4.75. The van der Waals surface area contributed by atoms with Crippen LogP contribution < -0.4 is 20.3 Å². The van der Waals surface area contributed by atoms with E-state index in [4.69, 9.17) is 27.9 Å². The number of anilines is 1. The van der Waals surface area contributed by atoms with E-state index in [9.17, 15) is 4.79 Å². The molecule has 1 aromatic carbocycles. The SMILES string of the molecule is CCNC(=O)N[C@@H]1CCN(c2c(Cl)cc(Cl)c3c2CCO3)C1. The highest BCUT2D eigenvalue weighted by Crippen LogP contribution is 2.45. The van der Waals surface area contributed by atoms with Gasteiger partial charge in [-0.2, -0.15) is 0 Å². The van der Waals surface area contributed by atoms with Gasteiger partial charge >= 0.3 is 6.03 Å². The summed E-state index contributed by atoms with van der Waals surface area (Å²) in [5, 5.41) is 6.95. The van der Waals surface area contributed by atoms with Gasteiger partial charge in [0.05, 0.1) is 22.3 Å². The number of carbonyl (C=O) groups excluding carboxylic acids is 1. The van der Waals surface area contributed by atoms with Crippen molar-refractivity contribution in [2.45, 2.75) is 25.8 Å². The average Bonchev–Trinajstić information content (AvgIpc) is 3.09. The Kier molecular flexibility index (Phi) is 4.54. The molecule has 2 N–H and O–H groups in total. The Hall–Kier alpha value is -1.33. The number of halogens is 2. The highest BCUT2D eigenvalue weighted by atomic mass is 35.5. The molecule has 1 saturated heterocycles. The second-order valence-corrected chi connectivity index (χ2v) is 6.34. The molecule has 0 bridgehead atoms. The van der Waals surface area contributed by atoms with E-state index >= 15 is 0 Å². The van der Waals surface area contributed by atoms with Crippen LogP contribution in [-0.4, -0.2) is 38.3 Å². The number of hydrogen-bond acceptors (Lipinski definition) is 3. The lowest BCUT2D eigenvalue weighted by atomic mass is 10.1. The number of rotatable bonds is 3. The summed E-state index contributed by atoms with van der Waals surface area (Å²) in [6.07, 6.45) is 1.71. The number of carbonyl (C=O) groups is 1. The minimum Gasteiger partial charge on any atom is -0.491 e. The maximum Gasteiger partial charge on any atom is 0.315 e. The number of fused-ring (bicyclic) bond motifs is 1. The molecule has 0 saturated carbocycles. The Labute approximate surface area is 139 Å². The number of nitrogens with zero attached hydrogens (tertiary/aromatic N) is 1. The predicted octanol–water partition coefficient (Wildman–Crippen LogP) is 2.83. The Morgan fingerprint density at radius 2 is 2.27 bits per heavy atom. The second-order valence-electron chi connectivity index (χ2n) is 5.53. The van der Waals surface area contributed by atoms with Crippen molar-refractivity contribution < 1.29 is 9.53 Å². The Balaban J connectivity index is 1.77. The molecule has 0 aromatic heterocycles. The van der Waals surface area contributed by atoms with E-state index in [1.165, 1.54) is 0 Å². The maximum atomic E-state index is 11.6. The summed E-state index contributed by atoms with van der Waals surface area (Å²) < 4.78 is 5.61. The second kappa shape index (κ2) is 6.42. The molecule has 120 valence electrons. The van der Waals surface area contributed by atoms with Gasteiger partial charge in [0.15, 0.2) is 0 Å². The van der Waals surface area contributed by atoms with Crippen LogP contribution >= 0.6 is 23.2 Å². The van der Waals surface area contributed by atoms with Crippen molar-refractivity contribution in [2.24, 2.45) is 0 Å². The summed E-state index contributed by atoms with van der Waals surface area (Å²) in [6, 6.07) is 1.74. The summed E-state index contributed by atoms with van der Waals surface area (Å²) >= 11 is 12.6. The molecule has 0 aliphatic carbocycles. The van der Waals surface area contributed by atoms with E-state index in [-0.39, 0.29) is 12.1 Å². The Bertz CT molecular complexity index is 595. The molecule has 2 aliphatic rings. The molecule has 1 atom stereocenters. The van der Waals surface area contributed by atoms with Crippen LogP contribution in [0, 0.1) is 0 Å². The van der Waals surface area contributed by atoms with E-state index in [2.05, 4.69) is 15.5 Å². The molecule has 0 spiro atoms. The van der Waals surface area contributed by atoms with E-state index in [1.807, 2.05) is 6.92 Å². The van der Waals surface area contributed by atoms with Gasteiger partial charge in [-0.3, -0.25) is 0 Å². The summed E-state index contributed by atoms with van der Waals surface area (Å²) in [7, 11) is 0. The Morgan fingerprint density at radius 1 is 1.45 bits per heavy atom. The number of urea groups is 1. The average molecular weight is 344 g/mol. The van der Waals surface area contributed by atoms with Crippen LogP contribution in [0.3, 0.4) is 0 Å². The fourth-order valence-corrected chi connectivity index (χ4v) is 3.78. The molecule has 0 radical (unpaired) electrons. The smallest absolute Gasteiger partial charge is 0.315 e. The molecule has 22 heavy (non-hydrogen) atoms. The highest BCUT2D eigenvalue weighted by Gasteiger charge is 2.30. The topological polar surface area (TPSA) is 53.6 Å². The van der Waals surface area contributed by atoms with Crippen molar-refractivity contribution in [2.75, 3.05) is 31.1 Å². The zero-order chi connectivity index (χ0) is 15.7. The lowest BCUT2D eigenvalue weighted by Crippen LogP contribution is -2.43. The normalized spacial score (nSPS) is 19.8. The van der Waals surface area contributed by atoms with Gasteiger partial charge in [0.2, 0.25) is 0 Å². The first-order valence-electron chi connectivity index (χ1n) is 7.53. The molecule has 5 nitrogen and oxygen atoms in total. The van der Waals surface area contributed by atoms with Crippen molar-refractivity contribution in [3.8, 4) is 5.75 Å². The first-order valence-corrected chi connectivity index (χ1v) is 8.28. The lowest BCUT2D eigenvalue weighted by molar-refractivity contribution is 0.238. The van der Waals surface area contributed by atoms with Crippen molar-refractivity contribution in [3.05, 3.63) is 21.7 Å². The third kappa shape index (κ3) is 2.92. The van der Waals surface area contributed by atoms with E-state index in [0.717, 1.165) is 42.9 Å². The van der Waals surface area contributed by atoms with Crippen LogP contribution in [0.15, 0.2) is 6.07 Å². The first kappa shape index (κ1) is 15.6. The summed E-state index contributed by atoms with van der Waals surface area (Å²) in [5.74, 6) is 0.751. The first-order chi connectivity index (χ1) is 10.6. The monoisotopic (exact) mass is 343 g/mol. The predicted molar refractivity (Wildman–Crippen MR) is 88.5 cm³/mol. The van der Waals surface area contributed by atoms with Gasteiger partial charge in [-0.25, -0.2) is 4.79 Å². The van der Waals surface area contributed by atoms with Crippen molar-refractivity contribution in [1.29, 1.82) is 0 Å². The maximum absolute atomic E-state index is 11.6. The van der Waals surface area contributed by atoms with E-state index in [0.29, 0.717) is 23.2 Å². The summed E-state index contributed by atoms with van der Waals surface area (Å²) in [5.41, 5.74) is 2.08. The van der Waals surface area contributed by atoms with Crippen molar-refractivity contribution in [1.82, 2.24) is 10.6 Å². The zero-order valence-electron chi connectivity index (χ0n) is 12.4. The van der Waals surface area contributed by atoms with Gasteiger partial charge in [-0.05, 0) is 19.4 Å². The zero-order valence-corrected chi connectivity index (χ0v) is 13.9. The fourth-order valence-electron chi connectivity index (χ4n) is 3.10. The van der Waals surface area contributed by atoms with Gasteiger partial charge in [-0.1, -0.05) is 23.2 Å². The molecule has 3 rings (SSSR count). The van der Waals surface area contributed by atoms with Crippen LogP contribution in [0.2, 0.25) is 10.0 Å². The minimum absolute atomic E-state index is 0.120. The van der Waals surface area contributed by atoms with Crippen molar-refractivity contribution in [3.63, 3.8) is 0 Å². The van der Waals surface area contributed by atoms with E-state index in [1.54, 1.807) is 6.07 Å². The Morgan fingerprint density at radius 3 is 3.05 bits per heavy atom. The third-order valence-electron chi connectivity index (χ3n) is 4.03. The van der Waals surface area contributed by atoms with Crippen molar-refractivity contribution >= 4 is 34.9 Å². The molecule has 0 unspecified atom stereocenters. The minimum atomic E-state index is -0.120.